The van der Waals surface area contributed by atoms with Crippen LogP contribution in [0.15, 0.2) is 18.5 Å². The average Bonchev–Trinajstić information content (AvgIpc) is 3.38. The number of aromatic nitrogens is 3. The van der Waals surface area contributed by atoms with Crippen molar-refractivity contribution in [3.63, 3.8) is 0 Å². The third-order valence-corrected chi connectivity index (χ3v) is 8.55. The topological polar surface area (TPSA) is 127 Å². The standard InChI is InChI=1S/C22H30N6O4S/c1-3-28-21-18(13-25-28)20(26-16-4-6-33(30,31)7-5-16)17(12-24-21)19-10-22(32-27-19)8-15(9-22)11-23-14(2)29/h10,12-13,15-16,27H,3-9,11H2,1-2H3,(H,23,29)(H,24,26). The molecule has 3 N–H and O–H groups in total. The molecule has 2 fully saturated rings. The average molecular weight is 475 g/mol. The summed E-state index contributed by atoms with van der Waals surface area (Å²) in [6.45, 7) is 4.92. The Morgan fingerprint density at radius 2 is 2.06 bits per heavy atom. The summed E-state index contributed by atoms with van der Waals surface area (Å²) in [5.41, 5.74) is 6.14. The number of hydrogen-bond donors (Lipinski definition) is 3. The van der Waals surface area contributed by atoms with Crippen LogP contribution in [0.5, 0.6) is 0 Å². The number of sulfone groups is 1. The minimum Gasteiger partial charge on any atom is -0.381 e. The van der Waals surface area contributed by atoms with Crippen LogP contribution in [0.25, 0.3) is 16.7 Å². The fourth-order valence-corrected chi connectivity index (χ4v) is 6.51. The second-order valence-corrected chi connectivity index (χ2v) is 11.7. The van der Waals surface area contributed by atoms with E-state index in [4.69, 9.17) is 4.84 Å². The van der Waals surface area contributed by atoms with Crippen molar-refractivity contribution in [2.45, 2.75) is 57.7 Å². The number of aryl methyl sites for hydroxylation is 1. The van der Waals surface area contributed by atoms with Crippen molar-refractivity contribution in [1.82, 2.24) is 25.6 Å². The normalized spacial score (nSPS) is 22.1. The van der Waals surface area contributed by atoms with Crippen LogP contribution >= 0.6 is 0 Å². The van der Waals surface area contributed by atoms with Gasteiger partial charge in [-0.1, -0.05) is 0 Å². The number of carbonyl (C=O) groups excluding carboxylic acids is 1. The number of hydrogen-bond acceptors (Lipinski definition) is 8. The van der Waals surface area contributed by atoms with E-state index in [0.29, 0.717) is 31.8 Å². The Morgan fingerprint density at radius 1 is 1.30 bits per heavy atom. The Kier molecular flexibility index (Phi) is 5.56. The number of amides is 1. The molecule has 0 bridgehead atoms. The van der Waals surface area contributed by atoms with Gasteiger partial charge in [0.25, 0.3) is 0 Å². The highest BCUT2D eigenvalue weighted by Crippen LogP contribution is 2.46. The lowest BCUT2D eigenvalue weighted by Gasteiger charge is -2.41. The maximum atomic E-state index is 11.9. The molecule has 1 amide bonds. The molecule has 0 radical (unpaired) electrons. The van der Waals surface area contributed by atoms with Gasteiger partial charge in [-0.3, -0.25) is 15.1 Å². The molecular formula is C22H30N6O4S. The summed E-state index contributed by atoms with van der Waals surface area (Å²) in [5.74, 6) is 0.767. The summed E-state index contributed by atoms with van der Waals surface area (Å²) in [6.07, 6.45) is 8.56. The van der Waals surface area contributed by atoms with Gasteiger partial charge in [-0.15, -0.1) is 0 Å². The maximum absolute atomic E-state index is 11.9. The zero-order chi connectivity index (χ0) is 23.2. The zero-order valence-electron chi connectivity index (χ0n) is 18.9. The first-order chi connectivity index (χ1) is 15.8. The summed E-state index contributed by atoms with van der Waals surface area (Å²) >= 11 is 0. The van der Waals surface area contributed by atoms with Gasteiger partial charge in [-0.25, -0.2) is 18.1 Å². The number of nitrogens with zero attached hydrogens (tertiary/aromatic N) is 3. The first-order valence-corrected chi connectivity index (χ1v) is 13.3. The monoisotopic (exact) mass is 474 g/mol. The zero-order valence-corrected chi connectivity index (χ0v) is 19.7. The lowest BCUT2D eigenvalue weighted by molar-refractivity contribution is -0.123. The molecule has 4 heterocycles. The van der Waals surface area contributed by atoms with Crippen molar-refractivity contribution in [1.29, 1.82) is 0 Å². The Balaban J connectivity index is 1.42. The summed E-state index contributed by atoms with van der Waals surface area (Å²) in [5, 5.41) is 11.9. The van der Waals surface area contributed by atoms with E-state index in [1.807, 2.05) is 24.0 Å². The SMILES string of the molecule is CCn1ncc2c(NC3CCS(=O)(=O)CC3)c(C3=CC4(CC(CNC(C)=O)C4)ON3)cnc21. The van der Waals surface area contributed by atoms with Gasteiger partial charge in [0.15, 0.2) is 5.65 Å². The van der Waals surface area contributed by atoms with Gasteiger partial charge in [0.2, 0.25) is 5.91 Å². The highest BCUT2D eigenvalue weighted by molar-refractivity contribution is 7.91. The van der Waals surface area contributed by atoms with E-state index in [1.165, 1.54) is 6.92 Å². The number of rotatable bonds is 6. The molecule has 1 spiro atoms. The smallest absolute Gasteiger partial charge is 0.216 e. The fourth-order valence-electron chi connectivity index (χ4n) is 5.02. The first kappa shape index (κ1) is 22.1. The third-order valence-electron chi connectivity index (χ3n) is 6.84. The highest BCUT2D eigenvalue weighted by atomic mass is 32.2. The van der Waals surface area contributed by atoms with Crippen LogP contribution in [0, 0.1) is 5.92 Å². The van der Waals surface area contributed by atoms with E-state index in [0.717, 1.165) is 40.8 Å². The van der Waals surface area contributed by atoms with Crippen molar-refractivity contribution in [2.24, 2.45) is 5.92 Å². The molecular weight excluding hydrogens is 444 g/mol. The highest BCUT2D eigenvalue weighted by Gasteiger charge is 2.48. The molecule has 3 aliphatic rings. The van der Waals surface area contributed by atoms with Crippen LogP contribution in [-0.4, -0.2) is 58.8 Å². The largest absolute Gasteiger partial charge is 0.381 e. The maximum Gasteiger partial charge on any atom is 0.216 e. The second-order valence-electron chi connectivity index (χ2n) is 9.35. The van der Waals surface area contributed by atoms with Crippen LogP contribution in [0.2, 0.25) is 0 Å². The number of nitrogens with one attached hydrogen (secondary N) is 3. The van der Waals surface area contributed by atoms with Gasteiger partial charge < -0.3 is 10.6 Å². The molecule has 2 aliphatic heterocycles. The molecule has 2 aromatic heterocycles. The molecule has 0 aromatic carbocycles. The predicted molar refractivity (Wildman–Crippen MR) is 125 cm³/mol. The lowest BCUT2D eigenvalue weighted by atomic mass is 9.70. The van der Waals surface area contributed by atoms with E-state index in [-0.39, 0.29) is 29.1 Å². The molecule has 0 unspecified atom stereocenters. The Bertz CT molecular complexity index is 1200. The molecule has 5 rings (SSSR count). The minimum absolute atomic E-state index is 0.0177. The van der Waals surface area contributed by atoms with Crippen molar-refractivity contribution < 1.29 is 18.0 Å². The predicted octanol–water partition coefficient (Wildman–Crippen LogP) is 1.60. The van der Waals surface area contributed by atoms with Crippen LogP contribution in [0.1, 0.15) is 45.1 Å². The lowest BCUT2D eigenvalue weighted by Crippen LogP contribution is -2.47. The van der Waals surface area contributed by atoms with Gasteiger partial charge in [-0.05, 0) is 44.6 Å². The molecule has 0 atom stereocenters. The molecule has 178 valence electrons. The van der Waals surface area contributed by atoms with Crippen molar-refractivity contribution in [2.75, 3.05) is 23.4 Å². The molecule has 1 saturated carbocycles. The van der Waals surface area contributed by atoms with Crippen molar-refractivity contribution in [3.8, 4) is 0 Å². The fraction of sp³-hybridized carbons (Fsp3) is 0.591. The van der Waals surface area contributed by atoms with Crippen LogP contribution < -0.4 is 16.1 Å². The van der Waals surface area contributed by atoms with Gasteiger partial charge >= 0.3 is 0 Å². The van der Waals surface area contributed by atoms with Crippen molar-refractivity contribution in [3.05, 3.63) is 24.0 Å². The van der Waals surface area contributed by atoms with E-state index in [1.54, 1.807) is 0 Å². The molecule has 10 nitrogen and oxygen atoms in total. The number of fused-ring (bicyclic) bond motifs is 1. The van der Waals surface area contributed by atoms with E-state index in [9.17, 15) is 13.2 Å². The Morgan fingerprint density at radius 3 is 2.76 bits per heavy atom. The summed E-state index contributed by atoms with van der Waals surface area (Å²) < 4.78 is 25.6. The molecule has 1 aliphatic carbocycles. The molecule has 11 heteroatoms. The number of carbonyl (C=O) groups is 1. The summed E-state index contributed by atoms with van der Waals surface area (Å²) in [7, 11) is -2.94. The number of pyridine rings is 1. The quantitative estimate of drug-likeness (QED) is 0.576. The van der Waals surface area contributed by atoms with Crippen LogP contribution in [-0.2, 0) is 26.0 Å². The molecule has 2 aromatic rings. The first-order valence-electron chi connectivity index (χ1n) is 11.5. The van der Waals surface area contributed by atoms with E-state index >= 15 is 0 Å². The minimum atomic E-state index is -2.94. The molecule has 1 saturated heterocycles. The second kappa shape index (κ2) is 8.28. The van der Waals surface area contributed by atoms with Crippen LogP contribution in [0.4, 0.5) is 5.69 Å². The van der Waals surface area contributed by atoms with Gasteiger partial charge in [0, 0.05) is 37.8 Å². The van der Waals surface area contributed by atoms with Gasteiger partial charge in [0.05, 0.1) is 34.5 Å². The third kappa shape index (κ3) is 4.31. The number of hydroxylamine groups is 1. The van der Waals surface area contributed by atoms with Gasteiger partial charge in [-0.2, -0.15) is 5.10 Å². The van der Waals surface area contributed by atoms with E-state index in [2.05, 4.69) is 32.3 Å². The molecule has 33 heavy (non-hydrogen) atoms. The Labute approximate surface area is 193 Å². The Hall–Kier alpha value is -2.66. The van der Waals surface area contributed by atoms with Crippen molar-refractivity contribution >= 4 is 38.2 Å². The van der Waals surface area contributed by atoms with E-state index < -0.39 is 9.84 Å². The van der Waals surface area contributed by atoms with Crippen LogP contribution in [0.3, 0.4) is 0 Å². The van der Waals surface area contributed by atoms with Gasteiger partial charge in [0.1, 0.15) is 15.4 Å². The summed E-state index contributed by atoms with van der Waals surface area (Å²) in [4.78, 5) is 21.8. The number of anilines is 1. The summed E-state index contributed by atoms with van der Waals surface area (Å²) in [6, 6.07) is 0.0606.